The average Bonchev–Trinajstić information content (AvgIpc) is 3.35. The predicted octanol–water partition coefficient (Wildman–Crippen LogP) is 2.76. The molecule has 1 aliphatic carbocycles. The highest BCUT2D eigenvalue weighted by Crippen LogP contribution is 2.65. The number of aliphatic hydroxyl groups is 2. The van der Waals surface area contributed by atoms with Crippen molar-refractivity contribution in [2.45, 2.75) is 155 Å². The van der Waals surface area contributed by atoms with E-state index in [1.165, 1.54) is 9.80 Å². The highest BCUT2D eigenvalue weighted by molar-refractivity contribution is 5.98. The lowest BCUT2D eigenvalue weighted by Gasteiger charge is -2.40. The number of nitrogens with zero attached hydrogens (tertiary/aromatic N) is 2. The summed E-state index contributed by atoms with van der Waals surface area (Å²) in [4.78, 5) is 84.0. The fourth-order valence-corrected chi connectivity index (χ4v) is 8.46. The van der Waals surface area contributed by atoms with E-state index in [-0.39, 0.29) is 61.4 Å². The van der Waals surface area contributed by atoms with Gasteiger partial charge in [0.1, 0.15) is 12.1 Å². The molecule has 4 aliphatic rings. The topological polar surface area (TPSA) is 197 Å². The summed E-state index contributed by atoms with van der Waals surface area (Å²) >= 11 is 0. The van der Waals surface area contributed by atoms with Gasteiger partial charge in [0, 0.05) is 25.9 Å². The van der Waals surface area contributed by atoms with Crippen molar-refractivity contribution in [1.82, 2.24) is 31.1 Å². The molecule has 4 fully saturated rings. The quantitative estimate of drug-likeness (QED) is 0.124. The Hall–Kier alpha value is -3.26. The summed E-state index contributed by atoms with van der Waals surface area (Å²) in [5.41, 5.74) is -1.22. The number of likely N-dealkylation sites (tertiary alicyclic amines) is 1. The van der Waals surface area contributed by atoms with Crippen LogP contribution < -0.4 is 21.3 Å². The first kappa shape index (κ1) is 42.5. The van der Waals surface area contributed by atoms with Crippen molar-refractivity contribution < 1.29 is 39.0 Å². The molecule has 1 saturated carbocycles. The molecule has 0 spiro atoms. The Kier molecular flexibility index (Phi) is 13.3. The molecule has 14 heteroatoms. The minimum absolute atomic E-state index is 0.00181. The van der Waals surface area contributed by atoms with E-state index in [1.54, 1.807) is 0 Å². The van der Waals surface area contributed by atoms with Crippen LogP contribution in [0.15, 0.2) is 0 Å². The number of hydrogen-bond acceptors (Lipinski definition) is 8. The maximum atomic E-state index is 14.5. The van der Waals surface area contributed by atoms with E-state index < -0.39 is 64.5 Å². The summed E-state index contributed by atoms with van der Waals surface area (Å²) in [6.07, 6.45) is 6.86. The van der Waals surface area contributed by atoms with E-state index in [0.29, 0.717) is 32.2 Å². The van der Waals surface area contributed by atoms with Crippen LogP contribution in [0.1, 0.15) is 126 Å². The molecule has 7 amide bonds. The van der Waals surface area contributed by atoms with Crippen molar-refractivity contribution >= 4 is 35.6 Å². The smallest absolute Gasteiger partial charge is 0.315 e. The Labute approximate surface area is 315 Å². The van der Waals surface area contributed by atoms with Gasteiger partial charge in [-0.3, -0.25) is 28.9 Å². The van der Waals surface area contributed by atoms with Gasteiger partial charge in [0.15, 0.2) is 0 Å². The van der Waals surface area contributed by atoms with Crippen molar-refractivity contribution in [2.75, 3.05) is 19.6 Å². The summed E-state index contributed by atoms with van der Waals surface area (Å²) in [6, 6.07) is -4.44. The van der Waals surface area contributed by atoms with Crippen LogP contribution in [0, 0.1) is 35.0 Å². The molecule has 300 valence electrons. The lowest BCUT2D eigenvalue weighted by molar-refractivity contribution is -0.198. The molecule has 6 atom stereocenters. The predicted molar refractivity (Wildman–Crippen MR) is 198 cm³/mol. The number of nitrogens with one attached hydrogen (secondary N) is 4. The Balaban J connectivity index is 1.56. The molecule has 0 aromatic rings. The van der Waals surface area contributed by atoms with Gasteiger partial charge in [-0.1, -0.05) is 93.4 Å². The maximum Gasteiger partial charge on any atom is 0.315 e. The normalized spacial score (nSPS) is 29.1. The zero-order chi connectivity index (χ0) is 39.5. The second kappa shape index (κ2) is 16.6. The highest BCUT2D eigenvalue weighted by atomic mass is 16.5. The summed E-state index contributed by atoms with van der Waals surface area (Å²) in [5, 5.41) is 33.2. The molecular weight excluding hydrogens is 680 g/mol. The first-order valence-electron chi connectivity index (χ1n) is 19.6. The van der Waals surface area contributed by atoms with Crippen molar-refractivity contribution in [3.05, 3.63) is 6.92 Å². The molecule has 3 saturated heterocycles. The zero-order valence-corrected chi connectivity index (χ0v) is 33.0. The van der Waals surface area contributed by atoms with E-state index >= 15 is 0 Å². The second-order valence-electron chi connectivity index (χ2n) is 18.3. The molecular formula is C39H65N6O8-. The number of piperidine rings is 2. The van der Waals surface area contributed by atoms with Crippen LogP contribution in [-0.4, -0.2) is 105 Å². The van der Waals surface area contributed by atoms with Crippen molar-refractivity contribution in [2.24, 2.45) is 28.1 Å². The number of amides is 7. The Morgan fingerprint density at radius 2 is 1.49 bits per heavy atom. The van der Waals surface area contributed by atoms with Crippen LogP contribution in [0.3, 0.4) is 0 Å². The van der Waals surface area contributed by atoms with E-state index in [0.717, 1.165) is 32.1 Å². The molecule has 53 heavy (non-hydrogen) atoms. The minimum atomic E-state index is -2.88. The van der Waals surface area contributed by atoms with Crippen molar-refractivity contribution in [1.29, 1.82) is 0 Å². The third kappa shape index (κ3) is 10.1. The van der Waals surface area contributed by atoms with E-state index in [4.69, 9.17) is 0 Å². The molecule has 0 unspecified atom stereocenters. The SMILES string of the molecule is [CH2-]CCNC(=O)C(O)(O)[C@@H]1CCCCCCCCC[C@H](NC(=O)N[C@H](CN2C(=O)CC(C)(C)CC2=O)C(C)(C)C)C(=O)N2C[C@H]3[C@@H]([C@H]2C(=O)N1)C3(C)C. The van der Waals surface area contributed by atoms with Crippen LogP contribution in [0.5, 0.6) is 0 Å². The molecule has 0 bridgehead atoms. The van der Waals surface area contributed by atoms with Gasteiger partial charge in [-0.25, -0.2) is 4.79 Å². The van der Waals surface area contributed by atoms with Gasteiger partial charge in [-0.15, -0.1) is 0 Å². The first-order valence-corrected chi connectivity index (χ1v) is 19.6. The van der Waals surface area contributed by atoms with E-state index in [1.807, 2.05) is 48.5 Å². The van der Waals surface area contributed by atoms with Crippen LogP contribution in [0.4, 0.5) is 4.79 Å². The monoisotopic (exact) mass is 745 g/mol. The van der Waals surface area contributed by atoms with Crippen molar-refractivity contribution in [3.8, 4) is 0 Å². The third-order valence-corrected chi connectivity index (χ3v) is 12.0. The van der Waals surface area contributed by atoms with E-state index in [2.05, 4.69) is 28.2 Å². The minimum Gasteiger partial charge on any atom is -0.357 e. The molecule has 0 aromatic carbocycles. The van der Waals surface area contributed by atoms with Gasteiger partial charge >= 0.3 is 6.03 Å². The van der Waals surface area contributed by atoms with Crippen LogP contribution in [-0.2, 0) is 24.0 Å². The van der Waals surface area contributed by atoms with Gasteiger partial charge in [-0.05, 0) is 47.5 Å². The number of fused-ring (bicyclic) bond motifs is 3. The second-order valence-corrected chi connectivity index (χ2v) is 18.3. The molecule has 14 nitrogen and oxygen atoms in total. The number of carbonyl (C=O) groups is 6. The number of hydrogen-bond donors (Lipinski definition) is 6. The summed E-state index contributed by atoms with van der Waals surface area (Å²) < 4.78 is 0. The summed E-state index contributed by atoms with van der Waals surface area (Å²) in [5.74, 6) is -5.61. The third-order valence-electron chi connectivity index (χ3n) is 12.0. The van der Waals surface area contributed by atoms with Crippen molar-refractivity contribution in [3.63, 3.8) is 0 Å². The lowest BCUT2D eigenvalue weighted by Crippen LogP contribution is -2.64. The fraction of sp³-hybridized carbons (Fsp3) is 0.821. The molecule has 4 rings (SSSR count). The maximum absolute atomic E-state index is 14.5. The molecule has 3 aliphatic heterocycles. The van der Waals surface area contributed by atoms with Crippen LogP contribution in [0.2, 0.25) is 0 Å². The number of carbonyl (C=O) groups excluding carboxylic acids is 6. The standard InChI is InChI=1S/C39H65N6O8/c1-9-19-40-34(50)39(52,53)26-18-16-14-12-10-11-13-15-17-25(33(49)45-22-24-30(38(24,7)8)31(45)32(48)42-26)41-35(51)43-27(36(2,3)4)23-44-28(46)20-37(5,6)21-29(44)47/h24-27,30-31,52-53H,1,9-23H2,2-8H3,(H,40,50)(H,42,48)(H2,41,43,51)/q-1/t24-,25-,26-,27+,30-,31-/m0/s1. The molecule has 6 N–H and O–H groups in total. The van der Waals surface area contributed by atoms with Gasteiger partial charge < -0.3 is 43.3 Å². The zero-order valence-electron chi connectivity index (χ0n) is 33.0. The molecule has 3 heterocycles. The van der Waals surface area contributed by atoms with Gasteiger partial charge in [-0.2, -0.15) is 6.42 Å². The Morgan fingerprint density at radius 3 is 2.06 bits per heavy atom. The highest BCUT2D eigenvalue weighted by Gasteiger charge is 2.69. The van der Waals surface area contributed by atoms with Crippen LogP contribution >= 0.6 is 0 Å². The number of imide groups is 1. The van der Waals surface area contributed by atoms with Crippen LogP contribution in [0.25, 0.3) is 0 Å². The Morgan fingerprint density at radius 1 is 0.925 bits per heavy atom. The summed E-state index contributed by atoms with van der Waals surface area (Å²) in [6.45, 7) is 17.7. The van der Waals surface area contributed by atoms with Gasteiger partial charge in [0.25, 0.3) is 11.7 Å². The largest absolute Gasteiger partial charge is 0.357 e. The first-order chi connectivity index (χ1) is 24.6. The average molecular weight is 746 g/mol. The molecule has 0 radical (unpaired) electrons. The van der Waals surface area contributed by atoms with E-state index in [9.17, 15) is 39.0 Å². The fourth-order valence-electron chi connectivity index (χ4n) is 8.46. The number of urea groups is 1. The molecule has 0 aromatic heterocycles. The summed E-state index contributed by atoms with van der Waals surface area (Å²) in [7, 11) is 0. The van der Waals surface area contributed by atoms with Gasteiger partial charge in [0.2, 0.25) is 23.6 Å². The van der Waals surface area contributed by atoms with Gasteiger partial charge in [0.05, 0.1) is 12.1 Å². The lowest BCUT2D eigenvalue weighted by atomic mass is 9.80. The Bertz CT molecular complexity index is 1370. The number of rotatable bonds is 8.